The summed E-state index contributed by atoms with van der Waals surface area (Å²) in [4.78, 5) is 16.2. The summed E-state index contributed by atoms with van der Waals surface area (Å²) in [6.07, 6.45) is 2.90. The lowest BCUT2D eigenvalue weighted by molar-refractivity contribution is -0.0501. The number of halogens is 2. The zero-order valence-corrected chi connectivity index (χ0v) is 10.7. The molecule has 106 valence electrons. The maximum absolute atomic E-state index is 12.4. The van der Waals surface area contributed by atoms with Gasteiger partial charge in [-0.1, -0.05) is 18.2 Å². The summed E-state index contributed by atoms with van der Waals surface area (Å²) in [5.41, 5.74) is 0.338. The minimum atomic E-state index is -3.04. The highest BCUT2D eigenvalue weighted by Crippen LogP contribution is 2.27. The summed E-state index contributed by atoms with van der Waals surface area (Å²) >= 11 is 0. The van der Waals surface area contributed by atoms with E-state index in [1.807, 2.05) is 6.07 Å². The van der Waals surface area contributed by atoms with Crippen LogP contribution in [0.3, 0.4) is 0 Å². The van der Waals surface area contributed by atoms with Crippen LogP contribution in [0, 0.1) is 11.3 Å². The molecule has 1 heterocycles. The molecule has 1 atom stereocenters. The molecule has 0 amide bonds. The minimum absolute atomic E-state index is 0.0618. The van der Waals surface area contributed by atoms with Crippen LogP contribution in [0.1, 0.15) is 21.8 Å². The van der Waals surface area contributed by atoms with Gasteiger partial charge in [0, 0.05) is 12.4 Å². The molecular formula is C15H10F2N2O2. The second kappa shape index (κ2) is 6.57. The number of ketones is 1. The second-order valence-electron chi connectivity index (χ2n) is 4.09. The molecule has 1 aromatic heterocycles. The molecule has 0 spiro atoms. The van der Waals surface area contributed by atoms with Gasteiger partial charge in [-0.05, 0) is 23.8 Å². The van der Waals surface area contributed by atoms with Crippen LogP contribution in [0.2, 0.25) is 0 Å². The zero-order valence-electron chi connectivity index (χ0n) is 10.7. The van der Waals surface area contributed by atoms with Gasteiger partial charge in [-0.2, -0.15) is 14.0 Å². The van der Waals surface area contributed by atoms with Gasteiger partial charge in [0.2, 0.25) is 0 Å². The number of nitriles is 1. The van der Waals surface area contributed by atoms with Crippen molar-refractivity contribution in [3.05, 3.63) is 59.9 Å². The Kier molecular flexibility index (Phi) is 4.57. The molecule has 0 bridgehead atoms. The van der Waals surface area contributed by atoms with E-state index in [1.165, 1.54) is 36.7 Å². The van der Waals surface area contributed by atoms with E-state index in [0.717, 1.165) is 0 Å². The Morgan fingerprint density at radius 3 is 2.62 bits per heavy atom. The number of nitrogens with zero attached hydrogens (tertiary/aromatic N) is 2. The molecule has 0 radical (unpaired) electrons. The van der Waals surface area contributed by atoms with E-state index in [4.69, 9.17) is 0 Å². The lowest BCUT2D eigenvalue weighted by Crippen LogP contribution is -2.14. The molecule has 0 saturated heterocycles. The normalized spacial score (nSPS) is 11.7. The molecule has 0 aliphatic rings. The van der Waals surface area contributed by atoms with Crippen LogP contribution < -0.4 is 4.74 Å². The highest BCUT2D eigenvalue weighted by molar-refractivity contribution is 6.04. The minimum Gasteiger partial charge on any atom is -0.434 e. The number of hydrogen-bond acceptors (Lipinski definition) is 4. The summed E-state index contributed by atoms with van der Waals surface area (Å²) in [5.74, 6) is -1.98. The van der Waals surface area contributed by atoms with Crippen molar-refractivity contribution in [2.75, 3.05) is 0 Å². The Bertz CT molecular complexity index is 669. The quantitative estimate of drug-likeness (QED) is 0.793. The SMILES string of the molecule is N#CC(C(=O)c1ccccc1OC(F)F)c1cccnc1. The van der Waals surface area contributed by atoms with Crippen LogP contribution >= 0.6 is 0 Å². The molecule has 6 heteroatoms. The smallest absolute Gasteiger partial charge is 0.387 e. The summed E-state index contributed by atoms with van der Waals surface area (Å²) in [6.45, 7) is -3.04. The van der Waals surface area contributed by atoms with Crippen LogP contribution in [0.4, 0.5) is 8.78 Å². The van der Waals surface area contributed by atoms with E-state index in [-0.39, 0.29) is 11.3 Å². The van der Waals surface area contributed by atoms with Crippen molar-refractivity contribution >= 4 is 5.78 Å². The maximum Gasteiger partial charge on any atom is 0.387 e. The van der Waals surface area contributed by atoms with Crippen molar-refractivity contribution in [2.45, 2.75) is 12.5 Å². The van der Waals surface area contributed by atoms with Crippen LogP contribution in [-0.4, -0.2) is 17.4 Å². The van der Waals surface area contributed by atoms with Crippen molar-refractivity contribution in [1.82, 2.24) is 4.98 Å². The first-order valence-electron chi connectivity index (χ1n) is 6.01. The van der Waals surface area contributed by atoms with Gasteiger partial charge in [0.05, 0.1) is 11.6 Å². The van der Waals surface area contributed by atoms with E-state index in [9.17, 15) is 18.8 Å². The van der Waals surface area contributed by atoms with Gasteiger partial charge in [-0.15, -0.1) is 0 Å². The number of hydrogen-bond donors (Lipinski definition) is 0. The first kappa shape index (κ1) is 14.6. The topological polar surface area (TPSA) is 63.0 Å². The number of rotatable bonds is 5. The van der Waals surface area contributed by atoms with Crippen molar-refractivity contribution in [2.24, 2.45) is 0 Å². The van der Waals surface area contributed by atoms with Crippen molar-refractivity contribution in [1.29, 1.82) is 5.26 Å². The third-order valence-electron chi connectivity index (χ3n) is 2.78. The van der Waals surface area contributed by atoms with Gasteiger partial charge in [-0.3, -0.25) is 9.78 Å². The van der Waals surface area contributed by atoms with E-state index in [0.29, 0.717) is 5.56 Å². The molecule has 21 heavy (non-hydrogen) atoms. The first-order valence-corrected chi connectivity index (χ1v) is 6.01. The molecule has 4 nitrogen and oxygen atoms in total. The Balaban J connectivity index is 2.37. The Morgan fingerprint density at radius 2 is 2.00 bits per heavy atom. The Morgan fingerprint density at radius 1 is 1.24 bits per heavy atom. The Labute approximate surface area is 119 Å². The number of carbonyl (C=O) groups excluding carboxylic acids is 1. The average molecular weight is 288 g/mol. The van der Waals surface area contributed by atoms with Crippen LogP contribution in [0.15, 0.2) is 48.8 Å². The average Bonchev–Trinajstić information content (AvgIpc) is 2.49. The van der Waals surface area contributed by atoms with E-state index >= 15 is 0 Å². The summed E-state index contributed by atoms with van der Waals surface area (Å²) in [6, 6.07) is 10.6. The fourth-order valence-corrected chi connectivity index (χ4v) is 1.86. The molecule has 2 rings (SSSR count). The number of aromatic nitrogens is 1. The molecule has 1 aromatic carbocycles. The van der Waals surface area contributed by atoms with Crippen molar-refractivity contribution in [3.8, 4) is 11.8 Å². The van der Waals surface area contributed by atoms with Gasteiger partial charge in [0.25, 0.3) is 0 Å². The fraction of sp³-hybridized carbons (Fsp3) is 0.133. The van der Waals surface area contributed by atoms with Gasteiger partial charge in [0.1, 0.15) is 11.7 Å². The number of benzene rings is 1. The van der Waals surface area contributed by atoms with Crippen LogP contribution in [0.5, 0.6) is 5.75 Å². The number of pyridine rings is 1. The zero-order chi connectivity index (χ0) is 15.2. The Hall–Kier alpha value is -2.81. The van der Waals surface area contributed by atoms with Gasteiger partial charge in [0.15, 0.2) is 5.78 Å². The number of ether oxygens (including phenoxy) is 1. The van der Waals surface area contributed by atoms with Crippen LogP contribution in [0.25, 0.3) is 0 Å². The predicted molar refractivity (Wildman–Crippen MR) is 70.0 cm³/mol. The number of carbonyl (C=O) groups is 1. The number of para-hydroxylation sites is 1. The van der Waals surface area contributed by atoms with Crippen LogP contribution in [-0.2, 0) is 0 Å². The third-order valence-corrected chi connectivity index (χ3v) is 2.78. The highest BCUT2D eigenvalue weighted by atomic mass is 19.3. The molecule has 2 aromatic rings. The van der Waals surface area contributed by atoms with E-state index in [2.05, 4.69) is 9.72 Å². The van der Waals surface area contributed by atoms with Gasteiger partial charge in [-0.25, -0.2) is 0 Å². The molecule has 0 fully saturated rings. The monoisotopic (exact) mass is 288 g/mol. The van der Waals surface area contributed by atoms with Gasteiger partial charge < -0.3 is 4.74 Å². The predicted octanol–water partition coefficient (Wildman–Crippen LogP) is 3.17. The van der Waals surface area contributed by atoms with Crippen molar-refractivity contribution in [3.63, 3.8) is 0 Å². The summed E-state index contributed by atoms with van der Waals surface area (Å²) < 4.78 is 29.0. The lowest BCUT2D eigenvalue weighted by Gasteiger charge is -2.12. The number of alkyl halides is 2. The number of Topliss-reactive ketones (excluding diaryl/α,β-unsaturated/α-hetero) is 1. The molecule has 1 unspecified atom stereocenters. The second-order valence-corrected chi connectivity index (χ2v) is 4.09. The largest absolute Gasteiger partial charge is 0.434 e. The summed E-state index contributed by atoms with van der Waals surface area (Å²) in [5, 5.41) is 9.20. The van der Waals surface area contributed by atoms with Gasteiger partial charge >= 0.3 is 6.61 Å². The molecule has 0 aliphatic heterocycles. The standard InChI is InChI=1S/C15H10F2N2O2/c16-15(17)21-13-6-2-1-5-11(13)14(20)12(8-18)10-4-3-7-19-9-10/h1-7,9,12,15H. The van der Waals surface area contributed by atoms with E-state index < -0.39 is 18.3 Å². The van der Waals surface area contributed by atoms with E-state index in [1.54, 1.807) is 12.1 Å². The first-order chi connectivity index (χ1) is 10.1. The highest BCUT2D eigenvalue weighted by Gasteiger charge is 2.25. The third kappa shape index (κ3) is 3.39. The fourth-order valence-electron chi connectivity index (χ4n) is 1.86. The molecule has 0 aliphatic carbocycles. The summed E-state index contributed by atoms with van der Waals surface area (Å²) in [7, 11) is 0. The van der Waals surface area contributed by atoms with Crippen molar-refractivity contribution < 1.29 is 18.3 Å². The lowest BCUT2D eigenvalue weighted by atomic mass is 9.92. The molecular weight excluding hydrogens is 278 g/mol. The molecule has 0 saturated carbocycles. The molecule has 0 N–H and O–H groups in total. The maximum atomic E-state index is 12.4.